The summed E-state index contributed by atoms with van der Waals surface area (Å²) in [5.74, 6) is -1.25. The van der Waals surface area contributed by atoms with E-state index in [0.29, 0.717) is 5.56 Å². The van der Waals surface area contributed by atoms with Gasteiger partial charge in [-0.25, -0.2) is 0 Å². The number of nitrogens with one attached hydrogen (secondary N) is 1. The van der Waals surface area contributed by atoms with Crippen LogP contribution in [-0.2, 0) is 4.79 Å². The molecule has 1 atom stereocenters. The third-order valence-corrected chi connectivity index (χ3v) is 2.00. The maximum Gasteiger partial charge on any atom is 0.257 e. The molecule has 0 saturated carbocycles. The van der Waals surface area contributed by atoms with Crippen LogP contribution in [0.15, 0.2) is 30.3 Å². The normalized spacial score (nSPS) is 11.2. The number of carbonyl (C=O) groups excluding carboxylic acids is 2. The number of imide groups is 1. The molecule has 82 valence electrons. The Kier molecular flexibility index (Phi) is 4.22. The summed E-state index contributed by atoms with van der Waals surface area (Å²) in [7, 11) is 0. The standard InChI is InChI=1S/C12H12N2O2/c1-9(8-13)7-11(15)14-12(16)10-5-3-2-4-6-10/h2-6,9H,7H2,1H3,(H,14,15,16)/t9-/m0/s1. The number of nitrogens with zero attached hydrogens (tertiary/aromatic N) is 1. The van der Waals surface area contributed by atoms with E-state index in [-0.39, 0.29) is 12.3 Å². The van der Waals surface area contributed by atoms with E-state index in [2.05, 4.69) is 5.32 Å². The summed E-state index contributed by atoms with van der Waals surface area (Å²) in [5.41, 5.74) is 0.431. The minimum absolute atomic E-state index is 0.0368. The van der Waals surface area contributed by atoms with E-state index in [1.165, 1.54) is 0 Å². The van der Waals surface area contributed by atoms with Crippen molar-refractivity contribution in [3.8, 4) is 6.07 Å². The molecule has 0 aliphatic rings. The summed E-state index contributed by atoms with van der Waals surface area (Å²) in [4.78, 5) is 22.8. The van der Waals surface area contributed by atoms with Gasteiger partial charge in [-0.3, -0.25) is 14.9 Å². The van der Waals surface area contributed by atoms with Crippen molar-refractivity contribution < 1.29 is 9.59 Å². The smallest absolute Gasteiger partial charge is 0.257 e. The van der Waals surface area contributed by atoms with Crippen molar-refractivity contribution in [2.45, 2.75) is 13.3 Å². The van der Waals surface area contributed by atoms with Crippen LogP contribution in [0.5, 0.6) is 0 Å². The van der Waals surface area contributed by atoms with Gasteiger partial charge in [-0.1, -0.05) is 18.2 Å². The summed E-state index contributed by atoms with van der Waals surface area (Å²) in [6.07, 6.45) is 0.0368. The predicted octanol–water partition coefficient (Wildman–Crippen LogP) is 1.49. The topological polar surface area (TPSA) is 70.0 Å². The minimum atomic E-state index is -0.435. The van der Waals surface area contributed by atoms with Crippen molar-refractivity contribution in [3.05, 3.63) is 35.9 Å². The first-order valence-electron chi connectivity index (χ1n) is 4.92. The van der Waals surface area contributed by atoms with Gasteiger partial charge in [0.15, 0.2) is 0 Å². The second-order valence-electron chi connectivity index (χ2n) is 3.48. The van der Waals surface area contributed by atoms with E-state index in [0.717, 1.165) is 0 Å². The number of benzene rings is 1. The molecule has 0 radical (unpaired) electrons. The quantitative estimate of drug-likeness (QED) is 0.832. The summed E-state index contributed by atoms with van der Waals surface area (Å²) in [5, 5.41) is 10.8. The van der Waals surface area contributed by atoms with Crippen LogP contribution in [0.4, 0.5) is 0 Å². The molecule has 0 aliphatic heterocycles. The molecule has 0 spiro atoms. The van der Waals surface area contributed by atoms with Gasteiger partial charge < -0.3 is 0 Å². The lowest BCUT2D eigenvalue weighted by Gasteiger charge is -2.04. The monoisotopic (exact) mass is 216 g/mol. The lowest BCUT2D eigenvalue weighted by Crippen LogP contribution is -2.31. The lowest BCUT2D eigenvalue weighted by molar-refractivity contribution is -0.120. The van der Waals surface area contributed by atoms with E-state index in [9.17, 15) is 9.59 Å². The summed E-state index contributed by atoms with van der Waals surface area (Å²) < 4.78 is 0. The first-order chi connectivity index (χ1) is 7.63. The average molecular weight is 216 g/mol. The maximum absolute atomic E-state index is 11.5. The summed E-state index contributed by atoms with van der Waals surface area (Å²) in [6, 6.07) is 10.4. The summed E-state index contributed by atoms with van der Waals surface area (Å²) in [6.45, 7) is 1.63. The Morgan fingerprint density at radius 1 is 1.38 bits per heavy atom. The largest absolute Gasteiger partial charge is 0.292 e. The third kappa shape index (κ3) is 3.54. The number of hydrogen-bond donors (Lipinski definition) is 1. The van der Waals surface area contributed by atoms with Crippen LogP contribution >= 0.6 is 0 Å². The molecule has 0 aromatic heterocycles. The second-order valence-corrected chi connectivity index (χ2v) is 3.48. The molecule has 4 heteroatoms. The lowest BCUT2D eigenvalue weighted by atomic mass is 10.1. The molecule has 1 aromatic carbocycles. The average Bonchev–Trinajstić information content (AvgIpc) is 2.29. The fourth-order valence-corrected chi connectivity index (χ4v) is 1.16. The van der Waals surface area contributed by atoms with E-state index < -0.39 is 11.8 Å². The van der Waals surface area contributed by atoms with Crippen LogP contribution in [0.3, 0.4) is 0 Å². The molecule has 0 unspecified atom stereocenters. The molecule has 1 N–H and O–H groups in total. The van der Waals surface area contributed by atoms with Gasteiger partial charge in [0, 0.05) is 12.0 Å². The van der Waals surface area contributed by atoms with Crippen LogP contribution in [0.25, 0.3) is 0 Å². The van der Waals surface area contributed by atoms with Gasteiger partial charge >= 0.3 is 0 Å². The van der Waals surface area contributed by atoms with Crippen molar-refractivity contribution in [2.24, 2.45) is 5.92 Å². The van der Waals surface area contributed by atoms with Gasteiger partial charge in [-0.15, -0.1) is 0 Å². The molecule has 0 bridgehead atoms. The number of carbonyl (C=O) groups is 2. The Labute approximate surface area is 93.9 Å². The van der Waals surface area contributed by atoms with Crippen LogP contribution < -0.4 is 5.32 Å². The molecule has 0 aliphatic carbocycles. The highest BCUT2D eigenvalue weighted by molar-refractivity contribution is 6.04. The van der Waals surface area contributed by atoms with Crippen LogP contribution in [0.2, 0.25) is 0 Å². The van der Waals surface area contributed by atoms with Gasteiger partial charge in [0.25, 0.3) is 5.91 Å². The Balaban J connectivity index is 2.53. The van der Waals surface area contributed by atoms with E-state index >= 15 is 0 Å². The summed E-state index contributed by atoms with van der Waals surface area (Å²) >= 11 is 0. The van der Waals surface area contributed by atoms with Crippen LogP contribution in [0, 0.1) is 17.2 Å². The van der Waals surface area contributed by atoms with Crippen molar-refractivity contribution >= 4 is 11.8 Å². The Hall–Kier alpha value is -2.15. The fourth-order valence-electron chi connectivity index (χ4n) is 1.16. The highest BCUT2D eigenvalue weighted by atomic mass is 16.2. The zero-order valence-corrected chi connectivity index (χ0v) is 8.93. The van der Waals surface area contributed by atoms with Crippen LogP contribution in [0.1, 0.15) is 23.7 Å². The van der Waals surface area contributed by atoms with Crippen molar-refractivity contribution in [3.63, 3.8) is 0 Å². The molecule has 1 aromatic rings. The molecule has 0 saturated heterocycles. The van der Waals surface area contributed by atoms with Crippen molar-refractivity contribution in [1.82, 2.24) is 5.32 Å². The van der Waals surface area contributed by atoms with Gasteiger partial charge in [0.05, 0.1) is 12.0 Å². The number of nitriles is 1. The second kappa shape index (κ2) is 5.66. The molecule has 1 rings (SSSR count). The Bertz CT molecular complexity index is 420. The Morgan fingerprint density at radius 3 is 2.56 bits per heavy atom. The molecule has 4 nitrogen and oxygen atoms in total. The Morgan fingerprint density at radius 2 is 2.00 bits per heavy atom. The first kappa shape index (κ1) is 11.9. The maximum atomic E-state index is 11.5. The minimum Gasteiger partial charge on any atom is -0.292 e. The van der Waals surface area contributed by atoms with E-state index in [4.69, 9.17) is 5.26 Å². The fraction of sp³-hybridized carbons (Fsp3) is 0.250. The van der Waals surface area contributed by atoms with Gasteiger partial charge in [0.1, 0.15) is 0 Å². The SMILES string of the molecule is C[C@H](C#N)CC(=O)NC(=O)c1ccccc1. The molecule has 0 fully saturated rings. The molecular formula is C12H12N2O2. The number of hydrogen-bond acceptors (Lipinski definition) is 3. The molecule has 0 heterocycles. The molecule has 2 amide bonds. The zero-order chi connectivity index (χ0) is 12.0. The van der Waals surface area contributed by atoms with Gasteiger partial charge in [-0.2, -0.15) is 5.26 Å². The van der Waals surface area contributed by atoms with Crippen molar-refractivity contribution in [2.75, 3.05) is 0 Å². The van der Waals surface area contributed by atoms with Crippen LogP contribution in [-0.4, -0.2) is 11.8 Å². The third-order valence-electron chi connectivity index (χ3n) is 2.00. The number of amides is 2. The van der Waals surface area contributed by atoms with Gasteiger partial charge in [0.2, 0.25) is 5.91 Å². The van der Waals surface area contributed by atoms with E-state index in [1.54, 1.807) is 37.3 Å². The number of rotatable bonds is 3. The zero-order valence-electron chi connectivity index (χ0n) is 8.93. The highest BCUT2D eigenvalue weighted by Crippen LogP contribution is 2.01. The highest BCUT2D eigenvalue weighted by Gasteiger charge is 2.12. The first-order valence-corrected chi connectivity index (χ1v) is 4.92. The molecule has 16 heavy (non-hydrogen) atoms. The van der Waals surface area contributed by atoms with Crippen molar-refractivity contribution in [1.29, 1.82) is 5.26 Å². The van der Waals surface area contributed by atoms with E-state index in [1.807, 2.05) is 6.07 Å². The predicted molar refractivity (Wildman–Crippen MR) is 58.3 cm³/mol. The molecular weight excluding hydrogens is 204 g/mol. The van der Waals surface area contributed by atoms with Gasteiger partial charge in [-0.05, 0) is 19.1 Å².